The second-order valence-corrected chi connectivity index (χ2v) is 9.99. The molecule has 146 valence electrons. The minimum atomic E-state index is 0.787. The Balaban J connectivity index is 5.10. The maximum atomic E-state index is 2.54. The molecule has 0 aliphatic carbocycles. The quantitative estimate of drug-likeness (QED) is 0.356. The Morgan fingerprint density at radius 3 is 1.17 bits per heavy atom. The van der Waals surface area contributed by atoms with Gasteiger partial charge in [0.2, 0.25) is 0 Å². The second kappa shape index (κ2) is 10.9. The van der Waals surface area contributed by atoms with Gasteiger partial charge in [-0.25, -0.2) is 0 Å². The molecule has 0 aromatic heterocycles. The fourth-order valence-electron chi connectivity index (χ4n) is 5.30. The zero-order valence-corrected chi connectivity index (χ0v) is 19.2. The minimum absolute atomic E-state index is 0.787. The van der Waals surface area contributed by atoms with Gasteiger partial charge in [0.1, 0.15) is 0 Å². The van der Waals surface area contributed by atoms with Crippen LogP contribution in [0.1, 0.15) is 95.9 Å². The first-order valence-electron chi connectivity index (χ1n) is 11.0. The van der Waals surface area contributed by atoms with Crippen molar-refractivity contribution in [2.24, 2.45) is 59.2 Å². The zero-order chi connectivity index (χ0) is 19.2. The Labute approximate surface area is 155 Å². The lowest BCUT2D eigenvalue weighted by molar-refractivity contribution is 0.0672. The maximum Gasteiger partial charge on any atom is -0.0337 e. The molecule has 0 rings (SSSR count). The Morgan fingerprint density at radius 1 is 0.458 bits per heavy atom. The fourth-order valence-corrected chi connectivity index (χ4v) is 5.30. The molecule has 0 saturated heterocycles. The molecule has 0 spiro atoms. The van der Waals surface area contributed by atoms with E-state index in [0.717, 1.165) is 59.2 Å². The first kappa shape index (κ1) is 24.0. The Bertz CT molecular complexity index is 316. The third-order valence-electron chi connectivity index (χ3n) is 7.98. The first-order chi connectivity index (χ1) is 11.0. The highest BCUT2D eigenvalue weighted by molar-refractivity contribution is 4.84. The molecular weight excluding hydrogens is 288 g/mol. The van der Waals surface area contributed by atoms with Gasteiger partial charge in [-0.1, -0.05) is 95.9 Å². The van der Waals surface area contributed by atoms with Gasteiger partial charge in [0, 0.05) is 0 Å². The third kappa shape index (κ3) is 6.38. The van der Waals surface area contributed by atoms with E-state index < -0.39 is 0 Å². The van der Waals surface area contributed by atoms with Gasteiger partial charge in [-0.05, 0) is 59.2 Å². The van der Waals surface area contributed by atoms with Crippen LogP contribution in [-0.4, -0.2) is 0 Å². The summed E-state index contributed by atoms with van der Waals surface area (Å²) >= 11 is 0. The summed E-state index contributed by atoms with van der Waals surface area (Å²) in [7, 11) is 0. The largest absolute Gasteiger partial charge is 0.0654 e. The predicted octanol–water partition coefficient (Wildman–Crippen LogP) is 8.17. The molecule has 0 amide bonds. The van der Waals surface area contributed by atoms with Crippen LogP contribution in [0.15, 0.2) is 0 Å². The fraction of sp³-hybridized carbons (Fsp3) is 1.00. The van der Waals surface area contributed by atoms with Gasteiger partial charge in [0.25, 0.3) is 0 Å². The van der Waals surface area contributed by atoms with Gasteiger partial charge in [-0.15, -0.1) is 0 Å². The van der Waals surface area contributed by atoms with E-state index in [1.807, 2.05) is 0 Å². The third-order valence-corrected chi connectivity index (χ3v) is 7.98. The Kier molecular flexibility index (Phi) is 10.9. The Morgan fingerprint density at radius 2 is 0.833 bits per heavy atom. The van der Waals surface area contributed by atoms with Crippen molar-refractivity contribution in [1.82, 2.24) is 0 Å². The molecule has 0 aromatic carbocycles. The summed E-state index contributed by atoms with van der Waals surface area (Å²) in [5.74, 6) is 8.10. The molecule has 0 heteroatoms. The van der Waals surface area contributed by atoms with Crippen LogP contribution in [0.3, 0.4) is 0 Å². The van der Waals surface area contributed by atoms with E-state index in [9.17, 15) is 0 Å². The van der Waals surface area contributed by atoms with Gasteiger partial charge in [-0.2, -0.15) is 0 Å². The summed E-state index contributed by atoms with van der Waals surface area (Å²) in [6, 6.07) is 0. The smallest absolute Gasteiger partial charge is 0.0337 e. The van der Waals surface area contributed by atoms with Gasteiger partial charge in [0.05, 0.1) is 0 Å². The summed E-state index contributed by atoms with van der Waals surface area (Å²) in [6.45, 7) is 29.5. The molecule has 0 aromatic rings. The van der Waals surface area contributed by atoms with Crippen molar-refractivity contribution in [1.29, 1.82) is 0 Å². The molecule has 0 saturated carbocycles. The molecule has 0 heterocycles. The molecule has 0 aliphatic rings. The van der Waals surface area contributed by atoms with E-state index in [2.05, 4.69) is 83.1 Å². The van der Waals surface area contributed by atoms with E-state index in [1.165, 1.54) is 12.8 Å². The van der Waals surface area contributed by atoms with Crippen LogP contribution in [0.4, 0.5) is 0 Å². The van der Waals surface area contributed by atoms with Gasteiger partial charge < -0.3 is 0 Å². The van der Waals surface area contributed by atoms with Crippen molar-refractivity contribution in [3.8, 4) is 0 Å². The van der Waals surface area contributed by atoms with Crippen LogP contribution in [0.25, 0.3) is 0 Å². The number of rotatable bonds is 11. The molecule has 0 bridgehead atoms. The normalized spacial score (nSPS) is 22.8. The van der Waals surface area contributed by atoms with Crippen LogP contribution >= 0.6 is 0 Å². The number of hydrogen-bond acceptors (Lipinski definition) is 0. The molecule has 8 unspecified atom stereocenters. The molecule has 0 fully saturated rings. The highest BCUT2D eigenvalue weighted by atomic mass is 14.4. The zero-order valence-electron chi connectivity index (χ0n) is 19.2. The summed E-state index contributed by atoms with van der Waals surface area (Å²) < 4.78 is 0. The van der Waals surface area contributed by atoms with Crippen molar-refractivity contribution in [2.75, 3.05) is 0 Å². The summed E-state index contributed by atoms with van der Waals surface area (Å²) in [4.78, 5) is 0. The molecule has 0 N–H and O–H groups in total. The highest BCUT2D eigenvalue weighted by Gasteiger charge is 2.35. The lowest BCUT2D eigenvalue weighted by Crippen LogP contribution is -2.35. The summed E-state index contributed by atoms with van der Waals surface area (Å²) in [5.41, 5.74) is 0. The minimum Gasteiger partial charge on any atom is -0.0654 e. The molecule has 0 radical (unpaired) electrons. The maximum absolute atomic E-state index is 2.54. The average Bonchev–Trinajstić information content (AvgIpc) is 2.50. The van der Waals surface area contributed by atoms with Crippen LogP contribution in [0.2, 0.25) is 0 Å². The van der Waals surface area contributed by atoms with Crippen LogP contribution in [0, 0.1) is 59.2 Å². The standard InChI is InChI=1S/C24H50/c1-13-14-17(6)24(16(4)5)23(12)22(11)21(10)20(9)19(8)18(7)15(2)3/h15-24H,13-14H2,1-12H3. The Hall–Kier alpha value is 0. The van der Waals surface area contributed by atoms with E-state index in [-0.39, 0.29) is 0 Å². The molecule has 0 aliphatic heterocycles. The molecular formula is C24H50. The van der Waals surface area contributed by atoms with E-state index >= 15 is 0 Å². The SMILES string of the molecule is CCCC(C)C(C(C)C)C(C)C(C)C(C)C(C)C(C)C(C)C(C)C. The van der Waals surface area contributed by atoms with E-state index in [4.69, 9.17) is 0 Å². The van der Waals surface area contributed by atoms with Crippen molar-refractivity contribution in [3.05, 3.63) is 0 Å². The summed E-state index contributed by atoms with van der Waals surface area (Å²) in [6.07, 6.45) is 2.70. The van der Waals surface area contributed by atoms with Gasteiger partial charge >= 0.3 is 0 Å². The van der Waals surface area contributed by atoms with E-state index in [0.29, 0.717) is 0 Å². The van der Waals surface area contributed by atoms with E-state index in [1.54, 1.807) is 0 Å². The lowest BCUT2D eigenvalue weighted by Gasteiger charge is -2.42. The summed E-state index contributed by atoms with van der Waals surface area (Å²) in [5, 5.41) is 0. The monoisotopic (exact) mass is 338 g/mol. The topological polar surface area (TPSA) is 0 Å². The van der Waals surface area contributed by atoms with Gasteiger partial charge in [0.15, 0.2) is 0 Å². The van der Waals surface area contributed by atoms with Gasteiger partial charge in [-0.3, -0.25) is 0 Å². The van der Waals surface area contributed by atoms with Crippen molar-refractivity contribution >= 4 is 0 Å². The van der Waals surface area contributed by atoms with Crippen molar-refractivity contribution in [2.45, 2.75) is 95.9 Å². The first-order valence-corrected chi connectivity index (χ1v) is 11.0. The van der Waals surface area contributed by atoms with Crippen molar-refractivity contribution < 1.29 is 0 Å². The molecule has 0 nitrogen and oxygen atoms in total. The second-order valence-electron chi connectivity index (χ2n) is 9.99. The van der Waals surface area contributed by atoms with Crippen LogP contribution in [-0.2, 0) is 0 Å². The van der Waals surface area contributed by atoms with Crippen LogP contribution < -0.4 is 0 Å². The molecule has 8 atom stereocenters. The van der Waals surface area contributed by atoms with Crippen LogP contribution in [0.5, 0.6) is 0 Å². The lowest BCUT2D eigenvalue weighted by atomic mass is 9.63. The highest BCUT2D eigenvalue weighted by Crippen LogP contribution is 2.42. The average molecular weight is 339 g/mol. The molecule has 24 heavy (non-hydrogen) atoms. The number of hydrogen-bond donors (Lipinski definition) is 0. The van der Waals surface area contributed by atoms with Crippen molar-refractivity contribution in [3.63, 3.8) is 0 Å². The predicted molar refractivity (Wildman–Crippen MR) is 112 cm³/mol.